The van der Waals surface area contributed by atoms with Crippen LogP contribution in [0, 0.1) is 0 Å². The minimum atomic E-state index is 0.811. The maximum absolute atomic E-state index is 4.10. The van der Waals surface area contributed by atoms with Crippen LogP contribution in [0.4, 0.5) is 5.69 Å². The van der Waals surface area contributed by atoms with Gasteiger partial charge in [0.25, 0.3) is 0 Å². The highest BCUT2D eigenvalue weighted by Gasteiger charge is 2.23. The predicted octanol–water partition coefficient (Wildman–Crippen LogP) is 4.05. The fraction of sp³-hybridized carbons (Fsp3) is 0.235. The number of H-pyrrole nitrogens is 1. The van der Waals surface area contributed by atoms with E-state index in [-0.39, 0.29) is 0 Å². The zero-order chi connectivity index (χ0) is 13.4. The normalized spacial score (nSPS) is 14.6. The molecule has 2 N–H and O–H groups in total. The maximum atomic E-state index is 4.10. The summed E-state index contributed by atoms with van der Waals surface area (Å²) < 4.78 is 0. The zero-order valence-corrected chi connectivity index (χ0v) is 11.3. The number of rotatable bonds is 4. The van der Waals surface area contributed by atoms with Gasteiger partial charge in [-0.1, -0.05) is 36.4 Å². The number of nitrogens with zero attached hydrogens (tertiary/aromatic N) is 1. The highest BCUT2D eigenvalue weighted by Crippen LogP contribution is 2.40. The predicted molar refractivity (Wildman–Crippen MR) is 81.8 cm³/mol. The quantitative estimate of drug-likeness (QED) is 0.745. The average molecular weight is 263 g/mol. The summed E-state index contributed by atoms with van der Waals surface area (Å²) in [6, 6.07) is 15.1. The maximum Gasteiger partial charge on any atom is 0.0881 e. The molecule has 1 aromatic heterocycles. The minimum absolute atomic E-state index is 0.811. The summed E-state index contributed by atoms with van der Waals surface area (Å²) in [6.07, 6.45) is 4.56. The fourth-order valence-corrected chi connectivity index (χ4v) is 2.69. The Morgan fingerprint density at radius 1 is 1.15 bits per heavy atom. The van der Waals surface area contributed by atoms with Crippen LogP contribution in [0.3, 0.4) is 0 Å². The van der Waals surface area contributed by atoms with E-state index in [9.17, 15) is 0 Å². The zero-order valence-electron chi connectivity index (χ0n) is 11.3. The van der Waals surface area contributed by atoms with Gasteiger partial charge in [-0.3, -0.25) is 5.10 Å². The number of hydrogen-bond acceptors (Lipinski definition) is 2. The molecule has 3 heteroatoms. The van der Waals surface area contributed by atoms with Gasteiger partial charge in [-0.25, -0.2) is 0 Å². The van der Waals surface area contributed by atoms with Gasteiger partial charge in [0.15, 0.2) is 0 Å². The largest absolute Gasteiger partial charge is 0.379 e. The monoisotopic (exact) mass is 263 g/mol. The molecule has 1 aliphatic carbocycles. The Kier molecular flexibility index (Phi) is 2.69. The van der Waals surface area contributed by atoms with E-state index >= 15 is 0 Å². The van der Waals surface area contributed by atoms with Crippen molar-refractivity contribution in [2.45, 2.75) is 25.3 Å². The summed E-state index contributed by atoms with van der Waals surface area (Å²) in [6.45, 7) is 0.846. The van der Waals surface area contributed by atoms with Gasteiger partial charge in [0.2, 0.25) is 0 Å². The second-order valence-corrected chi connectivity index (χ2v) is 5.51. The van der Waals surface area contributed by atoms with Gasteiger partial charge < -0.3 is 5.32 Å². The average Bonchev–Trinajstić information content (AvgIpc) is 3.23. The Hall–Kier alpha value is -2.29. The SMILES string of the molecule is c1cc(CNc2cccc3cn[nH]c23)cc(C2CC2)c1. The van der Waals surface area contributed by atoms with Crippen LogP contribution in [0.2, 0.25) is 0 Å². The topological polar surface area (TPSA) is 40.7 Å². The van der Waals surface area contributed by atoms with Crippen molar-refractivity contribution >= 4 is 16.6 Å². The fourth-order valence-electron chi connectivity index (χ4n) is 2.69. The van der Waals surface area contributed by atoms with Crippen molar-refractivity contribution < 1.29 is 0 Å². The first-order chi connectivity index (χ1) is 9.90. The van der Waals surface area contributed by atoms with Crippen molar-refractivity contribution in [2.24, 2.45) is 0 Å². The second-order valence-electron chi connectivity index (χ2n) is 5.51. The molecule has 0 radical (unpaired) electrons. The number of nitrogens with one attached hydrogen (secondary N) is 2. The van der Waals surface area contributed by atoms with Crippen LogP contribution in [-0.2, 0) is 6.54 Å². The van der Waals surface area contributed by atoms with Crippen molar-refractivity contribution in [3.05, 3.63) is 59.8 Å². The van der Waals surface area contributed by atoms with E-state index in [4.69, 9.17) is 0 Å². The van der Waals surface area contributed by atoms with E-state index in [1.807, 2.05) is 6.20 Å². The van der Waals surface area contributed by atoms with E-state index in [1.54, 1.807) is 0 Å². The molecule has 0 spiro atoms. The molecule has 1 aliphatic rings. The highest BCUT2D eigenvalue weighted by atomic mass is 15.1. The Morgan fingerprint density at radius 2 is 2.05 bits per heavy atom. The molecule has 0 bridgehead atoms. The smallest absolute Gasteiger partial charge is 0.0881 e. The number of hydrogen-bond donors (Lipinski definition) is 2. The Morgan fingerprint density at radius 3 is 2.95 bits per heavy atom. The van der Waals surface area contributed by atoms with Crippen LogP contribution in [0.1, 0.15) is 29.9 Å². The van der Waals surface area contributed by atoms with Gasteiger partial charge in [-0.05, 0) is 36.0 Å². The standard InChI is InChI=1S/C17H17N3/c1-3-12(9-14(4-1)13-7-8-13)10-18-16-6-2-5-15-11-19-20-17(15)16/h1-6,9,11,13,18H,7-8,10H2,(H,19,20). The summed E-state index contributed by atoms with van der Waals surface area (Å²) >= 11 is 0. The van der Waals surface area contributed by atoms with E-state index < -0.39 is 0 Å². The third-order valence-corrected chi connectivity index (χ3v) is 3.96. The molecular formula is C17H17N3. The number of para-hydroxylation sites is 1. The molecule has 0 saturated heterocycles. The third kappa shape index (κ3) is 2.16. The molecule has 20 heavy (non-hydrogen) atoms. The second kappa shape index (κ2) is 4.67. The number of anilines is 1. The van der Waals surface area contributed by atoms with Crippen LogP contribution in [0.5, 0.6) is 0 Å². The van der Waals surface area contributed by atoms with E-state index in [1.165, 1.54) is 24.0 Å². The highest BCUT2D eigenvalue weighted by molar-refractivity contribution is 5.89. The van der Waals surface area contributed by atoms with Crippen LogP contribution in [0.15, 0.2) is 48.7 Å². The molecule has 3 nitrogen and oxygen atoms in total. The Bertz CT molecular complexity index is 741. The molecule has 3 aromatic rings. The molecule has 4 rings (SSSR count). The van der Waals surface area contributed by atoms with Crippen molar-refractivity contribution in [3.63, 3.8) is 0 Å². The van der Waals surface area contributed by atoms with Gasteiger partial charge in [-0.15, -0.1) is 0 Å². The van der Waals surface area contributed by atoms with E-state index in [0.29, 0.717) is 0 Å². The van der Waals surface area contributed by atoms with Gasteiger partial charge in [0.1, 0.15) is 0 Å². The number of aromatic amines is 1. The van der Waals surface area contributed by atoms with Crippen LogP contribution >= 0.6 is 0 Å². The lowest BCUT2D eigenvalue weighted by atomic mass is 10.1. The van der Waals surface area contributed by atoms with Crippen LogP contribution in [-0.4, -0.2) is 10.2 Å². The number of benzene rings is 2. The lowest BCUT2D eigenvalue weighted by Crippen LogP contribution is -2.00. The lowest BCUT2D eigenvalue weighted by Gasteiger charge is -2.09. The molecule has 2 aromatic carbocycles. The summed E-state index contributed by atoms with van der Waals surface area (Å²) in [5.74, 6) is 0.811. The summed E-state index contributed by atoms with van der Waals surface area (Å²) in [7, 11) is 0. The Balaban J connectivity index is 1.55. The summed E-state index contributed by atoms with van der Waals surface area (Å²) in [4.78, 5) is 0. The number of fused-ring (bicyclic) bond motifs is 1. The summed E-state index contributed by atoms with van der Waals surface area (Å²) in [5, 5.41) is 11.8. The number of aromatic nitrogens is 2. The molecule has 0 unspecified atom stereocenters. The first-order valence-electron chi connectivity index (χ1n) is 7.15. The molecule has 100 valence electrons. The minimum Gasteiger partial charge on any atom is -0.379 e. The molecule has 1 heterocycles. The third-order valence-electron chi connectivity index (χ3n) is 3.96. The van der Waals surface area contributed by atoms with Crippen molar-refractivity contribution in [3.8, 4) is 0 Å². The molecule has 0 atom stereocenters. The van der Waals surface area contributed by atoms with Crippen LogP contribution in [0.25, 0.3) is 10.9 Å². The van der Waals surface area contributed by atoms with Gasteiger partial charge in [-0.2, -0.15) is 5.10 Å². The molecule has 0 aliphatic heterocycles. The first kappa shape index (κ1) is 11.5. The Labute approximate surface area is 118 Å². The van der Waals surface area contributed by atoms with Crippen molar-refractivity contribution in [1.82, 2.24) is 10.2 Å². The van der Waals surface area contributed by atoms with Crippen LogP contribution < -0.4 is 5.32 Å². The van der Waals surface area contributed by atoms with Gasteiger partial charge in [0, 0.05) is 11.9 Å². The molecule has 1 fully saturated rings. The molecule has 1 saturated carbocycles. The van der Waals surface area contributed by atoms with E-state index in [0.717, 1.165) is 29.1 Å². The van der Waals surface area contributed by atoms with Gasteiger partial charge >= 0.3 is 0 Å². The molecule has 0 amide bonds. The van der Waals surface area contributed by atoms with Gasteiger partial charge in [0.05, 0.1) is 17.4 Å². The van der Waals surface area contributed by atoms with E-state index in [2.05, 4.69) is 58.0 Å². The lowest BCUT2D eigenvalue weighted by molar-refractivity contribution is 1.08. The van der Waals surface area contributed by atoms with Crippen molar-refractivity contribution in [2.75, 3.05) is 5.32 Å². The molecular weight excluding hydrogens is 246 g/mol. The first-order valence-corrected chi connectivity index (χ1v) is 7.15. The van der Waals surface area contributed by atoms with Crippen molar-refractivity contribution in [1.29, 1.82) is 0 Å². The summed E-state index contributed by atoms with van der Waals surface area (Å²) in [5.41, 5.74) is 5.01.